The summed E-state index contributed by atoms with van der Waals surface area (Å²) in [5.41, 5.74) is 6.15. The summed E-state index contributed by atoms with van der Waals surface area (Å²) in [7, 11) is 1.51. The summed E-state index contributed by atoms with van der Waals surface area (Å²) < 4.78 is 10.4. The van der Waals surface area contributed by atoms with E-state index in [-0.39, 0.29) is 13.2 Å². The molecule has 0 heterocycles. The smallest absolute Gasteiger partial charge is 0.404 e. The summed E-state index contributed by atoms with van der Waals surface area (Å²) in [6, 6.07) is 5.00. The van der Waals surface area contributed by atoms with Crippen LogP contribution in [0.4, 0.5) is 10.5 Å². The Morgan fingerprint density at radius 2 is 2.25 bits per heavy atom. The molecule has 16 heavy (non-hydrogen) atoms. The predicted octanol–water partition coefficient (Wildman–Crippen LogP) is 0.924. The van der Waals surface area contributed by atoms with E-state index in [1.807, 2.05) is 0 Å². The number of benzene rings is 1. The molecule has 0 aliphatic heterocycles. The number of methoxy groups -OCH3 is 1. The molecule has 1 aromatic rings. The maximum atomic E-state index is 10.2. The molecule has 0 saturated heterocycles. The Labute approximate surface area is 93.0 Å². The molecule has 4 N–H and O–H groups in total. The second kappa shape index (κ2) is 5.69. The average molecular weight is 226 g/mol. The van der Waals surface area contributed by atoms with Gasteiger partial charge in [-0.05, 0) is 12.1 Å². The molecule has 0 saturated carbocycles. The lowest BCUT2D eigenvalue weighted by atomic mass is 10.3. The molecule has 1 aromatic carbocycles. The summed E-state index contributed by atoms with van der Waals surface area (Å²) >= 11 is 0. The largest absolute Gasteiger partial charge is 0.493 e. The molecule has 0 aromatic heterocycles. The highest BCUT2D eigenvalue weighted by atomic mass is 16.5. The van der Waals surface area contributed by atoms with Crippen molar-refractivity contribution in [2.75, 3.05) is 26.0 Å². The summed E-state index contributed by atoms with van der Waals surface area (Å²) in [5.74, 6) is 1.05. The lowest BCUT2D eigenvalue weighted by molar-refractivity contribution is 0.191. The van der Waals surface area contributed by atoms with Crippen LogP contribution in [-0.2, 0) is 0 Å². The highest BCUT2D eigenvalue weighted by Gasteiger charge is 2.04. The van der Waals surface area contributed by atoms with Gasteiger partial charge in [0.05, 0.1) is 13.7 Å². The Bertz CT molecular complexity index is 368. The minimum absolute atomic E-state index is 0.211. The molecule has 0 aliphatic carbocycles. The molecule has 88 valence electrons. The van der Waals surface area contributed by atoms with Gasteiger partial charge in [-0.25, -0.2) is 4.79 Å². The first-order valence-corrected chi connectivity index (χ1v) is 4.66. The number of carboxylic acid groups (broad SMARTS) is 1. The Kier molecular flexibility index (Phi) is 4.26. The highest BCUT2D eigenvalue weighted by Crippen LogP contribution is 2.28. The van der Waals surface area contributed by atoms with Crippen LogP contribution >= 0.6 is 0 Å². The third kappa shape index (κ3) is 3.56. The fourth-order valence-electron chi connectivity index (χ4n) is 1.12. The van der Waals surface area contributed by atoms with E-state index in [0.29, 0.717) is 17.2 Å². The molecule has 0 bridgehead atoms. The quantitative estimate of drug-likeness (QED) is 0.512. The lowest BCUT2D eigenvalue weighted by Gasteiger charge is -2.10. The first-order chi connectivity index (χ1) is 7.63. The predicted molar refractivity (Wildman–Crippen MR) is 58.9 cm³/mol. The zero-order chi connectivity index (χ0) is 12.0. The SMILES string of the molecule is COc1cc(N)ccc1OCCNC(=O)O. The van der Waals surface area contributed by atoms with Crippen molar-refractivity contribution in [2.24, 2.45) is 0 Å². The molecule has 1 amide bonds. The number of nitrogens with one attached hydrogen (secondary N) is 1. The van der Waals surface area contributed by atoms with Crippen molar-refractivity contribution in [1.29, 1.82) is 0 Å². The van der Waals surface area contributed by atoms with Crippen LogP contribution < -0.4 is 20.5 Å². The normalized spacial score (nSPS) is 9.56. The second-order valence-corrected chi connectivity index (χ2v) is 2.99. The number of amides is 1. The van der Waals surface area contributed by atoms with Crippen molar-refractivity contribution in [2.45, 2.75) is 0 Å². The third-order valence-corrected chi connectivity index (χ3v) is 1.82. The highest BCUT2D eigenvalue weighted by molar-refractivity contribution is 5.64. The summed E-state index contributed by atoms with van der Waals surface area (Å²) in [6.07, 6.45) is -1.08. The van der Waals surface area contributed by atoms with E-state index in [4.69, 9.17) is 20.3 Å². The molecule has 6 nitrogen and oxygen atoms in total. The minimum Gasteiger partial charge on any atom is -0.493 e. The van der Waals surface area contributed by atoms with Crippen LogP contribution in [0.25, 0.3) is 0 Å². The van der Waals surface area contributed by atoms with Crippen LogP contribution in [0.5, 0.6) is 11.5 Å². The van der Waals surface area contributed by atoms with E-state index in [1.54, 1.807) is 18.2 Å². The number of nitrogen functional groups attached to an aromatic ring is 1. The Morgan fingerprint density at radius 1 is 1.50 bits per heavy atom. The van der Waals surface area contributed by atoms with Gasteiger partial charge in [0.15, 0.2) is 11.5 Å². The number of hydrogen-bond donors (Lipinski definition) is 3. The van der Waals surface area contributed by atoms with Gasteiger partial charge in [-0.15, -0.1) is 0 Å². The van der Waals surface area contributed by atoms with E-state index in [2.05, 4.69) is 5.32 Å². The van der Waals surface area contributed by atoms with Gasteiger partial charge >= 0.3 is 6.09 Å². The lowest BCUT2D eigenvalue weighted by Crippen LogP contribution is -2.26. The van der Waals surface area contributed by atoms with Gasteiger partial charge in [-0.1, -0.05) is 0 Å². The molecule has 6 heteroatoms. The van der Waals surface area contributed by atoms with Gasteiger partial charge in [0.25, 0.3) is 0 Å². The Hall–Kier alpha value is -2.11. The molecular formula is C10H14N2O4. The number of anilines is 1. The van der Waals surface area contributed by atoms with Gasteiger partial charge < -0.3 is 25.6 Å². The molecule has 0 fully saturated rings. The van der Waals surface area contributed by atoms with Crippen molar-refractivity contribution in [3.63, 3.8) is 0 Å². The van der Waals surface area contributed by atoms with Gasteiger partial charge in [0, 0.05) is 11.8 Å². The van der Waals surface area contributed by atoms with E-state index in [1.165, 1.54) is 7.11 Å². The first kappa shape index (κ1) is 12.0. The molecule has 0 spiro atoms. The van der Waals surface area contributed by atoms with Crippen LogP contribution in [0, 0.1) is 0 Å². The summed E-state index contributed by atoms with van der Waals surface area (Å²) in [5, 5.41) is 10.5. The van der Waals surface area contributed by atoms with Crippen LogP contribution in [0.2, 0.25) is 0 Å². The zero-order valence-electron chi connectivity index (χ0n) is 8.90. The second-order valence-electron chi connectivity index (χ2n) is 2.99. The van der Waals surface area contributed by atoms with E-state index in [9.17, 15) is 4.79 Å². The topological polar surface area (TPSA) is 93.8 Å². The fourth-order valence-corrected chi connectivity index (χ4v) is 1.12. The van der Waals surface area contributed by atoms with Crippen molar-refractivity contribution in [3.05, 3.63) is 18.2 Å². The summed E-state index contributed by atoms with van der Waals surface area (Å²) in [4.78, 5) is 10.2. The van der Waals surface area contributed by atoms with Crippen molar-refractivity contribution in [1.82, 2.24) is 5.32 Å². The standard InChI is InChI=1S/C10H14N2O4/c1-15-9-6-7(11)2-3-8(9)16-5-4-12-10(13)14/h2-3,6,12H,4-5,11H2,1H3,(H,13,14). The fraction of sp³-hybridized carbons (Fsp3) is 0.300. The Balaban J connectivity index is 2.50. The molecule has 0 aliphatic rings. The number of nitrogens with two attached hydrogens (primary N) is 1. The zero-order valence-corrected chi connectivity index (χ0v) is 8.90. The summed E-state index contributed by atoms with van der Waals surface area (Å²) in [6.45, 7) is 0.440. The number of rotatable bonds is 5. The molecule has 0 unspecified atom stereocenters. The third-order valence-electron chi connectivity index (χ3n) is 1.82. The van der Waals surface area contributed by atoms with Crippen LogP contribution in [-0.4, -0.2) is 31.5 Å². The van der Waals surface area contributed by atoms with E-state index < -0.39 is 6.09 Å². The van der Waals surface area contributed by atoms with Gasteiger partial charge in [0.1, 0.15) is 6.61 Å². The number of carbonyl (C=O) groups is 1. The maximum Gasteiger partial charge on any atom is 0.404 e. The number of ether oxygens (including phenoxy) is 2. The maximum absolute atomic E-state index is 10.2. The molecule has 0 radical (unpaired) electrons. The van der Waals surface area contributed by atoms with E-state index >= 15 is 0 Å². The van der Waals surface area contributed by atoms with Crippen LogP contribution in [0.3, 0.4) is 0 Å². The van der Waals surface area contributed by atoms with Crippen molar-refractivity contribution >= 4 is 11.8 Å². The first-order valence-electron chi connectivity index (χ1n) is 4.66. The van der Waals surface area contributed by atoms with Gasteiger partial charge in [-0.2, -0.15) is 0 Å². The molecule has 0 atom stereocenters. The van der Waals surface area contributed by atoms with Gasteiger partial charge in [-0.3, -0.25) is 0 Å². The van der Waals surface area contributed by atoms with Gasteiger partial charge in [0.2, 0.25) is 0 Å². The van der Waals surface area contributed by atoms with Crippen LogP contribution in [0.1, 0.15) is 0 Å². The monoisotopic (exact) mass is 226 g/mol. The van der Waals surface area contributed by atoms with Crippen LogP contribution in [0.15, 0.2) is 18.2 Å². The Morgan fingerprint density at radius 3 is 2.88 bits per heavy atom. The number of hydrogen-bond acceptors (Lipinski definition) is 4. The van der Waals surface area contributed by atoms with E-state index in [0.717, 1.165) is 0 Å². The average Bonchev–Trinajstić information content (AvgIpc) is 2.25. The minimum atomic E-state index is -1.08. The van der Waals surface area contributed by atoms with Crippen molar-refractivity contribution < 1.29 is 19.4 Å². The van der Waals surface area contributed by atoms with Crippen molar-refractivity contribution in [3.8, 4) is 11.5 Å². The molecule has 1 rings (SSSR count). The molecular weight excluding hydrogens is 212 g/mol.